The van der Waals surface area contributed by atoms with E-state index < -0.39 is 5.60 Å². The average molecular weight is 469 g/mol. The number of aromatic nitrogens is 2. The first-order valence-electron chi connectivity index (χ1n) is 10.0. The topological polar surface area (TPSA) is 93.6 Å². The zero-order valence-electron chi connectivity index (χ0n) is 18.5. The molecule has 1 fully saturated rings. The number of pyridine rings is 1. The minimum atomic E-state index is -0.394. The summed E-state index contributed by atoms with van der Waals surface area (Å²) in [6.45, 7) is 9.60. The van der Waals surface area contributed by atoms with Crippen LogP contribution in [0.25, 0.3) is 10.6 Å². The molecule has 1 aliphatic heterocycles. The monoisotopic (exact) mass is 468 g/mol. The first-order chi connectivity index (χ1) is 14.7. The van der Waals surface area contributed by atoms with E-state index in [-0.39, 0.29) is 11.8 Å². The van der Waals surface area contributed by atoms with Gasteiger partial charge in [0.05, 0.1) is 12.2 Å². The zero-order valence-corrected chi connectivity index (χ0v) is 20.0. The summed E-state index contributed by atoms with van der Waals surface area (Å²) in [5.41, 5.74) is 0.599. The van der Waals surface area contributed by atoms with Gasteiger partial charge in [-0.2, -0.15) is 0 Å². The minimum absolute atomic E-state index is 0.199. The third-order valence-electron chi connectivity index (χ3n) is 4.25. The Morgan fingerprint density at radius 1 is 1.45 bits per heavy atom. The lowest BCUT2D eigenvalue weighted by atomic mass is 10.2. The van der Waals surface area contributed by atoms with Gasteiger partial charge in [0.25, 0.3) is 0 Å². The van der Waals surface area contributed by atoms with Crippen molar-refractivity contribution in [3.05, 3.63) is 28.4 Å². The van der Waals surface area contributed by atoms with Gasteiger partial charge in [-0.05, 0) is 53.3 Å². The number of carbonyl (C=O) groups excluding carboxylic acids is 2. The lowest BCUT2D eigenvalue weighted by molar-refractivity contribution is 0.0291. The van der Waals surface area contributed by atoms with E-state index in [1.807, 2.05) is 40.8 Å². The normalized spacial score (nSPS) is 15.8. The van der Waals surface area contributed by atoms with Crippen molar-refractivity contribution in [2.24, 2.45) is 0 Å². The molecule has 1 atom stereocenters. The molecule has 0 radical (unpaired) electrons. The van der Waals surface area contributed by atoms with Crippen molar-refractivity contribution in [2.75, 3.05) is 26.7 Å². The second kappa shape index (κ2) is 11.4. The lowest BCUT2D eigenvalue weighted by Crippen LogP contribution is -2.37. The van der Waals surface area contributed by atoms with Gasteiger partial charge in [-0.1, -0.05) is 11.6 Å². The highest BCUT2D eigenvalue weighted by atomic mass is 35.5. The fraction of sp³-hybridized carbons (Fsp3) is 0.524. The number of aldehydes is 1. The van der Waals surface area contributed by atoms with Crippen LogP contribution in [0.2, 0.25) is 4.34 Å². The summed E-state index contributed by atoms with van der Waals surface area (Å²) in [5.74, 6) is 0.498. The number of ether oxygens (including phenoxy) is 2. The number of rotatable bonds is 5. The van der Waals surface area contributed by atoms with Crippen LogP contribution in [0.5, 0.6) is 5.88 Å². The summed E-state index contributed by atoms with van der Waals surface area (Å²) in [6.07, 6.45) is 3.09. The Hall–Kier alpha value is -2.23. The van der Waals surface area contributed by atoms with Gasteiger partial charge in [0, 0.05) is 25.3 Å². The van der Waals surface area contributed by atoms with Crippen molar-refractivity contribution in [2.45, 2.75) is 45.8 Å². The minimum Gasteiger partial charge on any atom is -0.477 e. The quantitative estimate of drug-likeness (QED) is 0.654. The molecule has 0 aromatic carbocycles. The van der Waals surface area contributed by atoms with Gasteiger partial charge in [-0.25, -0.2) is 14.8 Å². The van der Waals surface area contributed by atoms with Crippen molar-refractivity contribution in [3.8, 4) is 16.5 Å². The largest absolute Gasteiger partial charge is 0.477 e. The summed E-state index contributed by atoms with van der Waals surface area (Å²) in [4.78, 5) is 32.3. The highest BCUT2D eigenvalue weighted by Crippen LogP contribution is 2.34. The van der Waals surface area contributed by atoms with Crippen LogP contribution >= 0.6 is 22.9 Å². The fourth-order valence-electron chi connectivity index (χ4n) is 2.79. The summed E-state index contributed by atoms with van der Waals surface area (Å²) in [7, 11) is 1.92. The van der Waals surface area contributed by atoms with Crippen LogP contribution in [-0.4, -0.2) is 65.6 Å². The Morgan fingerprint density at radius 2 is 2.19 bits per heavy atom. The second-order valence-electron chi connectivity index (χ2n) is 7.79. The van der Waals surface area contributed by atoms with Crippen LogP contribution in [0.15, 0.2) is 18.3 Å². The molecule has 0 aliphatic carbocycles. The molecule has 1 saturated heterocycles. The Bertz CT molecular complexity index is 885. The van der Waals surface area contributed by atoms with Crippen LogP contribution in [-0.2, 0) is 4.74 Å². The van der Waals surface area contributed by atoms with E-state index in [9.17, 15) is 9.59 Å². The Morgan fingerprint density at radius 3 is 2.74 bits per heavy atom. The fourth-order valence-corrected chi connectivity index (χ4v) is 3.88. The zero-order chi connectivity index (χ0) is 23.0. The molecule has 8 nitrogen and oxygen atoms in total. The van der Waals surface area contributed by atoms with Gasteiger partial charge in [0.2, 0.25) is 5.88 Å². The van der Waals surface area contributed by atoms with E-state index in [0.717, 1.165) is 25.1 Å². The van der Waals surface area contributed by atoms with Crippen LogP contribution < -0.4 is 10.1 Å². The van der Waals surface area contributed by atoms with Crippen LogP contribution in [0.4, 0.5) is 4.79 Å². The van der Waals surface area contributed by atoms with Crippen LogP contribution in [0, 0.1) is 0 Å². The van der Waals surface area contributed by atoms with Crippen LogP contribution in [0.1, 0.15) is 44.6 Å². The number of hydrogen-bond acceptors (Lipinski definition) is 8. The number of thiazole rings is 1. The third-order valence-corrected chi connectivity index (χ3v) is 5.57. The van der Waals surface area contributed by atoms with Crippen molar-refractivity contribution in [1.82, 2.24) is 20.2 Å². The average Bonchev–Trinajstić information content (AvgIpc) is 3.34. The number of hydrogen-bond donors (Lipinski definition) is 1. The van der Waals surface area contributed by atoms with Gasteiger partial charge in [-0.3, -0.25) is 4.79 Å². The maximum atomic E-state index is 11.6. The van der Waals surface area contributed by atoms with Gasteiger partial charge < -0.3 is 19.7 Å². The molecule has 1 amide bonds. The van der Waals surface area contributed by atoms with Crippen LogP contribution in [0.3, 0.4) is 0 Å². The SMILES string of the molecule is CCOc1ncccc1-c1nc(C=O)c(Cl)s1.CNC1CCN(C(=O)OC(C)(C)C)C1. The highest BCUT2D eigenvalue weighted by molar-refractivity contribution is 7.19. The lowest BCUT2D eigenvalue weighted by Gasteiger charge is -2.24. The van der Waals surface area contributed by atoms with E-state index >= 15 is 0 Å². The Balaban J connectivity index is 0.000000225. The molecule has 2 aromatic rings. The maximum absolute atomic E-state index is 11.6. The summed E-state index contributed by atoms with van der Waals surface area (Å²) >= 11 is 7.12. The van der Waals surface area contributed by atoms with E-state index in [0.29, 0.717) is 34.2 Å². The summed E-state index contributed by atoms with van der Waals surface area (Å²) < 4.78 is 11.0. The molecule has 170 valence electrons. The first-order valence-corrected chi connectivity index (χ1v) is 11.2. The molecule has 2 aromatic heterocycles. The number of nitrogens with one attached hydrogen (secondary N) is 1. The van der Waals surface area contributed by atoms with E-state index in [4.69, 9.17) is 21.1 Å². The molecule has 3 heterocycles. The molecular formula is C21H29ClN4O4S. The van der Waals surface area contributed by atoms with Gasteiger partial charge in [0.1, 0.15) is 20.6 Å². The molecule has 3 rings (SSSR count). The number of carbonyl (C=O) groups is 2. The van der Waals surface area contributed by atoms with Gasteiger partial charge in [0.15, 0.2) is 6.29 Å². The molecule has 1 aliphatic rings. The molecule has 0 bridgehead atoms. The standard InChI is InChI=1S/C11H9ClN2O2S.C10H20N2O2/c1-2-16-10-7(4-3-5-13-10)11-14-8(6-15)9(12)17-11;1-10(2,3)14-9(13)12-6-5-8(7-12)11-4/h3-6H,2H2,1H3;8,11H,5-7H2,1-4H3. The number of nitrogens with zero attached hydrogens (tertiary/aromatic N) is 3. The summed E-state index contributed by atoms with van der Waals surface area (Å²) in [5, 5.41) is 3.80. The maximum Gasteiger partial charge on any atom is 0.410 e. The predicted molar refractivity (Wildman–Crippen MR) is 122 cm³/mol. The molecule has 1 unspecified atom stereocenters. The summed E-state index contributed by atoms with van der Waals surface area (Å²) in [6, 6.07) is 4.04. The Labute approximate surface area is 191 Å². The molecule has 0 saturated carbocycles. The van der Waals surface area contributed by atoms with Gasteiger partial charge >= 0.3 is 6.09 Å². The number of likely N-dealkylation sites (tertiary alicyclic amines) is 1. The number of likely N-dealkylation sites (N-methyl/N-ethyl adjacent to an activating group) is 1. The third kappa shape index (κ3) is 7.45. The van der Waals surface area contributed by atoms with E-state index in [1.54, 1.807) is 17.2 Å². The van der Waals surface area contributed by atoms with E-state index in [2.05, 4.69) is 15.3 Å². The predicted octanol–water partition coefficient (Wildman–Crippen LogP) is 4.28. The van der Waals surface area contributed by atoms with Gasteiger partial charge in [-0.15, -0.1) is 11.3 Å². The van der Waals surface area contributed by atoms with Crippen molar-refractivity contribution < 1.29 is 19.1 Å². The molecule has 1 N–H and O–H groups in total. The van der Waals surface area contributed by atoms with Crippen molar-refractivity contribution >= 4 is 35.3 Å². The molecular weight excluding hydrogens is 440 g/mol. The smallest absolute Gasteiger partial charge is 0.410 e. The number of amides is 1. The van der Waals surface area contributed by atoms with Crippen molar-refractivity contribution in [1.29, 1.82) is 0 Å². The number of halogens is 1. The molecule has 31 heavy (non-hydrogen) atoms. The highest BCUT2D eigenvalue weighted by Gasteiger charge is 2.28. The first kappa shape index (κ1) is 25.0. The Kier molecular flexibility index (Phi) is 9.21. The second-order valence-corrected chi connectivity index (χ2v) is 9.39. The molecule has 0 spiro atoms. The molecule has 10 heteroatoms. The van der Waals surface area contributed by atoms with Crippen molar-refractivity contribution in [3.63, 3.8) is 0 Å². The van der Waals surface area contributed by atoms with E-state index in [1.165, 1.54) is 11.3 Å².